The first-order chi connectivity index (χ1) is 7.18. The Labute approximate surface area is 85.1 Å². The standard InChI is InChI=1S/C9H9N3O3/c1-12-6-3-2-4-7(9(6)10-11-12)15-5-8(13)14/h2-4H,5H2,1H3,(H,13,14). The van der Waals surface area contributed by atoms with Crippen LogP contribution < -0.4 is 4.74 Å². The van der Waals surface area contributed by atoms with E-state index in [0.29, 0.717) is 11.3 Å². The Balaban J connectivity index is 2.38. The van der Waals surface area contributed by atoms with Gasteiger partial charge in [-0.2, -0.15) is 0 Å². The van der Waals surface area contributed by atoms with E-state index >= 15 is 0 Å². The normalized spacial score (nSPS) is 10.5. The van der Waals surface area contributed by atoms with Crippen LogP contribution >= 0.6 is 0 Å². The lowest BCUT2D eigenvalue weighted by Crippen LogP contribution is -2.09. The highest BCUT2D eigenvalue weighted by molar-refractivity contribution is 5.81. The Morgan fingerprint density at radius 2 is 2.40 bits per heavy atom. The van der Waals surface area contributed by atoms with E-state index in [-0.39, 0.29) is 6.61 Å². The number of ether oxygens (including phenoxy) is 1. The molecule has 0 radical (unpaired) electrons. The molecule has 0 unspecified atom stereocenters. The van der Waals surface area contributed by atoms with Crippen molar-refractivity contribution in [3.8, 4) is 5.75 Å². The third kappa shape index (κ3) is 1.74. The molecular formula is C9H9N3O3. The Morgan fingerprint density at radius 3 is 3.13 bits per heavy atom. The van der Waals surface area contributed by atoms with Crippen LogP contribution in [0.15, 0.2) is 18.2 Å². The molecular weight excluding hydrogens is 198 g/mol. The van der Waals surface area contributed by atoms with Crippen molar-refractivity contribution in [3.63, 3.8) is 0 Å². The summed E-state index contributed by atoms with van der Waals surface area (Å²) < 4.78 is 6.68. The van der Waals surface area contributed by atoms with Crippen LogP contribution in [-0.2, 0) is 11.8 Å². The Morgan fingerprint density at radius 1 is 1.60 bits per heavy atom. The van der Waals surface area contributed by atoms with Gasteiger partial charge in [0.2, 0.25) is 0 Å². The second-order valence-corrected chi connectivity index (χ2v) is 3.02. The highest BCUT2D eigenvalue weighted by Crippen LogP contribution is 2.22. The van der Waals surface area contributed by atoms with Crippen LogP contribution in [0.4, 0.5) is 0 Å². The third-order valence-electron chi connectivity index (χ3n) is 1.96. The van der Waals surface area contributed by atoms with Gasteiger partial charge in [0.05, 0.1) is 5.52 Å². The molecule has 0 aliphatic rings. The summed E-state index contributed by atoms with van der Waals surface area (Å²) in [5.41, 5.74) is 1.37. The minimum Gasteiger partial charge on any atom is -0.479 e. The summed E-state index contributed by atoms with van der Waals surface area (Å²) in [4.78, 5) is 10.3. The lowest BCUT2D eigenvalue weighted by Gasteiger charge is -2.02. The van der Waals surface area contributed by atoms with Gasteiger partial charge in [0.25, 0.3) is 0 Å². The average Bonchev–Trinajstić information content (AvgIpc) is 2.58. The van der Waals surface area contributed by atoms with Crippen LogP contribution in [0.3, 0.4) is 0 Å². The van der Waals surface area contributed by atoms with E-state index in [1.54, 1.807) is 23.9 Å². The summed E-state index contributed by atoms with van der Waals surface area (Å²) in [7, 11) is 1.76. The predicted octanol–water partition coefficient (Wildman–Crippen LogP) is 0.432. The van der Waals surface area contributed by atoms with Crippen LogP contribution in [0.1, 0.15) is 0 Å². The lowest BCUT2D eigenvalue weighted by atomic mass is 10.3. The van der Waals surface area contributed by atoms with E-state index in [9.17, 15) is 4.79 Å². The molecule has 0 amide bonds. The van der Waals surface area contributed by atoms with E-state index in [1.807, 2.05) is 6.07 Å². The van der Waals surface area contributed by atoms with Crippen molar-refractivity contribution in [3.05, 3.63) is 18.2 Å². The Hall–Kier alpha value is -2.11. The Kier molecular flexibility index (Phi) is 2.24. The van der Waals surface area contributed by atoms with Crippen molar-refractivity contribution in [2.45, 2.75) is 0 Å². The maximum atomic E-state index is 10.3. The molecule has 2 aromatic rings. The van der Waals surface area contributed by atoms with Crippen molar-refractivity contribution >= 4 is 17.0 Å². The van der Waals surface area contributed by atoms with Crippen molar-refractivity contribution in [1.29, 1.82) is 0 Å². The van der Waals surface area contributed by atoms with E-state index in [0.717, 1.165) is 5.52 Å². The molecule has 0 saturated carbocycles. The molecule has 78 valence electrons. The summed E-state index contributed by atoms with van der Waals surface area (Å²) >= 11 is 0. The highest BCUT2D eigenvalue weighted by Gasteiger charge is 2.08. The molecule has 0 aliphatic heterocycles. The third-order valence-corrected chi connectivity index (χ3v) is 1.96. The second-order valence-electron chi connectivity index (χ2n) is 3.02. The zero-order valence-corrected chi connectivity index (χ0v) is 8.04. The van der Waals surface area contributed by atoms with E-state index < -0.39 is 5.97 Å². The van der Waals surface area contributed by atoms with Crippen LogP contribution in [0.5, 0.6) is 5.75 Å². The molecule has 1 aromatic carbocycles. The zero-order chi connectivity index (χ0) is 10.8. The lowest BCUT2D eigenvalue weighted by molar-refractivity contribution is -0.139. The molecule has 0 bridgehead atoms. The molecule has 0 spiro atoms. The quantitative estimate of drug-likeness (QED) is 0.789. The van der Waals surface area contributed by atoms with Crippen molar-refractivity contribution in [2.24, 2.45) is 7.05 Å². The number of carbonyl (C=O) groups is 1. The summed E-state index contributed by atoms with van der Waals surface area (Å²) in [6.07, 6.45) is 0. The maximum absolute atomic E-state index is 10.3. The fourth-order valence-corrected chi connectivity index (χ4v) is 1.29. The molecule has 6 nitrogen and oxygen atoms in total. The maximum Gasteiger partial charge on any atom is 0.341 e. The summed E-state index contributed by atoms with van der Waals surface area (Å²) in [5.74, 6) is -0.584. The topological polar surface area (TPSA) is 77.2 Å². The van der Waals surface area contributed by atoms with Crippen LogP contribution in [0.25, 0.3) is 11.0 Å². The number of aliphatic carboxylic acids is 1. The number of carboxylic acids is 1. The minimum absolute atomic E-state index is 0.379. The fraction of sp³-hybridized carbons (Fsp3) is 0.222. The SMILES string of the molecule is Cn1nnc2c(OCC(=O)O)cccc21. The van der Waals surface area contributed by atoms with Crippen LogP contribution in [0, 0.1) is 0 Å². The molecule has 0 saturated heterocycles. The van der Waals surface area contributed by atoms with E-state index in [4.69, 9.17) is 9.84 Å². The van der Waals surface area contributed by atoms with Gasteiger partial charge in [0.1, 0.15) is 5.75 Å². The number of hydrogen-bond acceptors (Lipinski definition) is 4. The number of aryl methyl sites for hydroxylation is 1. The summed E-state index contributed by atoms with van der Waals surface area (Å²) in [6.45, 7) is -0.379. The molecule has 1 heterocycles. The number of aromatic nitrogens is 3. The van der Waals surface area contributed by atoms with Gasteiger partial charge in [-0.15, -0.1) is 5.10 Å². The van der Waals surface area contributed by atoms with Gasteiger partial charge in [-0.25, -0.2) is 9.48 Å². The number of carboxylic acid groups (broad SMARTS) is 1. The smallest absolute Gasteiger partial charge is 0.341 e. The fourth-order valence-electron chi connectivity index (χ4n) is 1.29. The van der Waals surface area contributed by atoms with Gasteiger partial charge >= 0.3 is 5.97 Å². The average molecular weight is 207 g/mol. The number of hydrogen-bond donors (Lipinski definition) is 1. The molecule has 1 aromatic heterocycles. The van der Waals surface area contributed by atoms with Crippen molar-refractivity contribution in [2.75, 3.05) is 6.61 Å². The second kappa shape index (κ2) is 3.56. The number of rotatable bonds is 3. The first-order valence-corrected chi connectivity index (χ1v) is 4.31. The molecule has 0 atom stereocenters. The minimum atomic E-state index is -1.02. The van der Waals surface area contributed by atoms with Crippen LogP contribution in [0.2, 0.25) is 0 Å². The van der Waals surface area contributed by atoms with Gasteiger partial charge in [0, 0.05) is 7.05 Å². The van der Waals surface area contributed by atoms with Crippen LogP contribution in [-0.4, -0.2) is 32.7 Å². The molecule has 1 N–H and O–H groups in total. The summed E-state index contributed by atoms with van der Waals surface area (Å²) in [5, 5.41) is 16.2. The van der Waals surface area contributed by atoms with Gasteiger partial charge in [0.15, 0.2) is 12.1 Å². The largest absolute Gasteiger partial charge is 0.479 e. The first kappa shape index (κ1) is 9.45. The highest BCUT2D eigenvalue weighted by atomic mass is 16.5. The van der Waals surface area contributed by atoms with E-state index in [1.165, 1.54) is 0 Å². The van der Waals surface area contributed by atoms with E-state index in [2.05, 4.69) is 10.3 Å². The number of benzene rings is 1. The van der Waals surface area contributed by atoms with Crippen molar-refractivity contribution in [1.82, 2.24) is 15.0 Å². The molecule has 0 aliphatic carbocycles. The summed E-state index contributed by atoms with van der Waals surface area (Å²) in [6, 6.07) is 5.27. The molecule has 6 heteroatoms. The van der Waals surface area contributed by atoms with Gasteiger partial charge in [-0.3, -0.25) is 0 Å². The van der Waals surface area contributed by atoms with Crippen molar-refractivity contribution < 1.29 is 14.6 Å². The Bertz CT molecular complexity index is 506. The van der Waals surface area contributed by atoms with Gasteiger partial charge in [-0.05, 0) is 12.1 Å². The predicted molar refractivity (Wildman–Crippen MR) is 51.6 cm³/mol. The van der Waals surface area contributed by atoms with Gasteiger partial charge < -0.3 is 9.84 Å². The first-order valence-electron chi connectivity index (χ1n) is 4.31. The monoisotopic (exact) mass is 207 g/mol. The zero-order valence-electron chi connectivity index (χ0n) is 8.04. The number of nitrogens with zero attached hydrogens (tertiary/aromatic N) is 3. The molecule has 0 fully saturated rings. The van der Waals surface area contributed by atoms with Gasteiger partial charge in [-0.1, -0.05) is 11.3 Å². The number of fused-ring (bicyclic) bond motifs is 1. The molecule has 2 rings (SSSR count). The molecule has 15 heavy (non-hydrogen) atoms.